The summed E-state index contributed by atoms with van der Waals surface area (Å²) in [6, 6.07) is 6.34. The smallest absolute Gasteiger partial charge is 0.0648 e. The lowest BCUT2D eigenvalue weighted by molar-refractivity contribution is 0.653. The number of aryl methyl sites for hydroxylation is 1. The first-order valence-electron chi connectivity index (χ1n) is 5.09. The summed E-state index contributed by atoms with van der Waals surface area (Å²) in [5.74, 6) is 0. The molecule has 0 aliphatic rings. The maximum absolute atomic E-state index is 6.14. The van der Waals surface area contributed by atoms with Gasteiger partial charge in [0.05, 0.1) is 10.5 Å². The third-order valence-electron chi connectivity index (χ3n) is 2.89. The lowest BCUT2D eigenvalue weighted by Crippen LogP contribution is -2.12. The molecule has 2 rings (SSSR count). The fraction of sp³-hybridized carbons (Fsp3) is 0.333. The minimum Gasteiger partial charge on any atom is -0.357 e. The van der Waals surface area contributed by atoms with Crippen LogP contribution in [0.5, 0.6) is 0 Å². The third-order valence-corrected chi connectivity index (χ3v) is 3.20. The van der Waals surface area contributed by atoms with E-state index in [0.29, 0.717) is 6.04 Å². The SMILES string of the molecule is CNC(C)c1c(C)[nH]c2c(Cl)cccc12. The molecule has 0 saturated carbocycles. The number of aromatic nitrogens is 1. The van der Waals surface area contributed by atoms with Crippen LogP contribution in [0.15, 0.2) is 18.2 Å². The minimum absolute atomic E-state index is 0.331. The molecule has 2 N–H and O–H groups in total. The van der Waals surface area contributed by atoms with Crippen molar-refractivity contribution in [3.63, 3.8) is 0 Å². The van der Waals surface area contributed by atoms with Gasteiger partial charge in [-0.05, 0) is 32.5 Å². The number of aromatic amines is 1. The fourth-order valence-electron chi connectivity index (χ4n) is 2.03. The summed E-state index contributed by atoms with van der Waals surface area (Å²) in [7, 11) is 1.97. The highest BCUT2D eigenvalue weighted by molar-refractivity contribution is 6.35. The highest BCUT2D eigenvalue weighted by atomic mass is 35.5. The van der Waals surface area contributed by atoms with E-state index in [1.54, 1.807) is 0 Å². The van der Waals surface area contributed by atoms with Gasteiger partial charge in [0.25, 0.3) is 0 Å². The molecule has 3 heteroatoms. The van der Waals surface area contributed by atoms with E-state index < -0.39 is 0 Å². The Morgan fingerprint density at radius 2 is 2.13 bits per heavy atom. The zero-order valence-corrected chi connectivity index (χ0v) is 9.94. The van der Waals surface area contributed by atoms with Crippen LogP contribution >= 0.6 is 11.6 Å². The normalized spacial score (nSPS) is 13.3. The predicted molar refractivity (Wildman–Crippen MR) is 65.5 cm³/mol. The molecule has 0 aliphatic heterocycles. The first-order valence-corrected chi connectivity index (χ1v) is 5.47. The highest BCUT2D eigenvalue weighted by Gasteiger charge is 2.14. The van der Waals surface area contributed by atoms with E-state index in [9.17, 15) is 0 Å². The van der Waals surface area contributed by atoms with E-state index in [2.05, 4.69) is 30.2 Å². The van der Waals surface area contributed by atoms with Gasteiger partial charge in [-0.15, -0.1) is 0 Å². The minimum atomic E-state index is 0.331. The monoisotopic (exact) mass is 222 g/mol. The van der Waals surface area contributed by atoms with Crippen molar-refractivity contribution in [2.75, 3.05) is 7.05 Å². The van der Waals surface area contributed by atoms with Crippen LogP contribution in [-0.2, 0) is 0 Å². The molecule has 80 valence electrons. The Balaban J connectivity index is 2.73. The Morgan fingerprint density at radius 1 is 1.40 bits per heavy atom. The quantitative estimate of drug-likeness (QED) is 0.801. The summed E-state index contributed by atoms with van der Waals surface area (Å²) < 4.78 is 0. The van der Waals surface area contributed by atoms with Crippen molar-refractivity contribution in [1.82, 2.24) is 10.3 Å². The van der Waals surface area contributed by atoms with E-state index >= 15 is 0 Å². The summed E-state index contributed by atoms with van der Waals surface area (Å²) in [5, 5.41) is 5.25. The van der Waals surface area contributed by atoms with Crippen LogP contribution in [0.25, 0.3) is 10.9 Å². The zero-order valence-electron chi connectivity index (χ0n) is 9.19. The van der Waals surface area contributed by atoms with Gasteiger partial charge in [0.2, 0.25) is 0 Å². The number of hydrogen-bond acceptors (Lipinski definition) is 1. The van der Waals surface area contributed by atoms with Gasteiger partial charge in [-0.3, -0.25) is 0 Å². The van der Waals surface area contributed by atoms with Crippen molar-refractivity contribution in [2.24, 2.45) is 0 Å². The summed E-state index contributed by atoms with van der Waals surface area (Å²) in [4.78, 5) is 3.34. The number of fused-ring (bicyclic) bond motifs is 1. The van der Waals surface area contributed by atoms with Crippen molar-refractivity contribution >= 4 is 22.5 Å². The molecule has 1 atom stereocenters. The second-order valence-electron chi connectivity index (χ2n) is 3.84. The van der Waals surface area contributed by atoms with Gasteiger partial charge in [-0.2, -0.15) is 0 Å². The number of para-hydroxylation sites is 1. The number of hydrogen-bond donors (Lipinski definition) is 2. The maximum Gasteiger partial charge on any atom is 0.0648 e. The molecular weight excluding hydrogens is 208 g/mol. The van der Waals surface area contributed by atoms with Crippen LogP contribution < -0.4 is 5.32 Å². The van der Waals surface area contributed by atoms with Crippen molar-refractivity contribution < 1.29 is 0 Å². The van der Waals surface area contributed by atoms with Gasteiger partial charge in [0, 0.05) is 17.1 Å². The van der Waals surface area contributed by atoms with Crippen LogP contribution in [0.4, 0.5) is 0 Å². The molecule has 2 aromatic rings. The molecule has 0 saturated heterocycles. The van der Waals surface area contributed by atoms with E-state index in [4.69, 9.17) is 11.6 Å². The lowest BCUT2D eigenvalue weighted by Gasteiger charge is -2.10. The number of halogens is 1. The van der Waals surface area contributed by atoms with Gasteiger partial charge in [-0.25, -0.2) is 0 Å². The van der Waals surface area contributed by atoms with Gasteiger partial charge in [-0.1, -0.05) is 23.7 Å². The second-order valence-corrected chi connectivity index (χ2v) is 4.24. The molecule has 0 amide bonds. The standard InChI is InChI=1S/C12H15ClN2/c1-7(14-3)11-8(2)15-12-9(11)5-4-6-10(12)13/h4-7,14-15H,1-3H3. The molecule has 0 aliphatic carbocycles. The summed E-state index contributed by atoms with van der Waals surface area (Å²) >= 11 is 6.14. The third kappa shape index (κ3) is 1.64. The average Bonchev–Trinajstić information content (AvgIpc) is 2.55. The second kappa shape index (κ2) is 3.87. The molecule has 1 unspecified atom stereocenters. The first kappa shape index (κ1) is 10.5. The Morgan fingerprint density at radius 3 is 2.80 bits per heavy atom. The van der Waals surface area contributed by atoms with Crippen molar-refractivity contribution in [2.45, 2.75) is 19.9 Å². The van der Waals surface area contributed by atoms with Crippen molar-refractivity contribution in [1.29, 1.82) is 0 Å². The molecule has 1 aromatic heterocycles. The lowest BCUT2D eigenvalue weighted by atomic mass is 10.0. The zero-order chi connectivity index (χ0) is 11.0. The first-order chi connectivity index (χ1) is 7.15. The number of nitrogens with one attached hydrogen (secondary N) is 2. The molecule has 1 aromatic carbocycles. The van der Waals surface area contributed by atoms with E-state index in [1.807, 2.05) is 19.2 Å². The largest absolute Gasteiger partial charge is 0.357 e. The summed E-state index contributed by atoms with van der Waals surface area (Å²) in [6.45, 7) is 4.23. The van der Waals surface area contributed by atoms with Gasteiger partial charge in [0.1, 0.15) is 0 Å². The van der Waals surface area contributed by atoms with Gasteiger partial charge in [0.15, 0.2) is 0 Å². The Bertz CT molecular complexity index is 488. The van der Waals surface area contributed by atoms with E-state index in [0.717, 1.165) is 10.5 Å². The average molecular weight is 223 g/mol. The number of H-pyrrole nitrogens is 1. The molecule has 0 bridgehead atoms. The topological polar surface area (TPSA) is 27.8 Å². The predicted octanol–water partition coefficient (Wildman–Crippen LogP) is 3.41. The Hall–Kier alpha value is -0.990. The van der Waals surface area contributed by atoms with Crippen LogP contribution in [0, 0.1) is 6.92 Å². The van der Waals surface area contributed by atoms with Gasteiger partial charge >= 0.3 is 0 Å². The van der Waals surface area contributed by atoms with Crippen LogP contribution in [0.2, 0.25) is 5.02 Å². The van der Waals surface area contributed by atoms with Crippen molar-refractivity contribution in [3.8, 4) is 0 Å². The molecule has 0 spiro atoms. The molecule has 0 fully saturated rings. The van der Waals surface area contributed by atoms with E-state index in [1.165, 1.54) is 16.6 Å². The highest BCUT2D eigenvalue weighted by Crippen LogP contribution is 2.31. The van der Waals surface area contributed by atoms with Crippen LogP contribution in [0.1, 0.15) is 24.2 Å². The van der Waals surface area contributed by atoms with Crippen molar-refractivity contribution in [3.05, 3.63) is 34.5 Å². The van der Waals surface area contributed by atoms with Crippen LogP contribution in [0.3, 0.4) is 0 Å². The molecular formula is C12H15ClN2. The van der Waals surface area contributed by atoms with E-state index in [-0.39, 0.29) is 0 Å². The Kier molecular flexibility index (Phi) is 2.72. The number of benzene rings is 1. The van der Waals surface area contributed by atoms with Crippen LogP contribution in [-0.4, -0.2) is 12.0 Å². The molecule has 0 radical (unpaired) electrons. The molecule has 1 heterocycles. The fourth-order valence-corrected chi connectivity index (χ4v) is 2.26. The number of rotatable bonds is 2. The molecule has 2 nitrogen and oxygen atoms in total. The summed E-state index contributed by atoms with van der Waals surface area (Å²) in [5.41, 5.74) is 3.52. The maximum atomic E-state index is 6.14. The summed E-state index contributed by atoms with van der Waals surface area (Å²) in [6.07, 6.45) is 0. The Labute approximate surface area is 94.6 Å². The molecule has 15 heavy (non-hydrogen) atoms. The van der Waals surface area contributed by atoms with Gasteiger partial charge < -0.3 is 10.3 Å².